The maximum atomic E-state index is 7.56. The third-order valence-electron chi connectivity index (χ3n) is 4.91. The summed E-state index contributed by atoms with van der Waals surface area (Å²) >= 11 is 0. The lowest BCUT2D eigenvalue weighted by Gasteiger charge is -2.12. The van der Waals surface area contributed by atoms with Gasteiger partial charge < -0.3 is 0 Å². The molecule has 0 saturated carbocycles. The lowest BCUT2D eigenvalue weighted by atomic mass is 10.0. The molecule has 0 radical (unpaired) electrons. The van der Waals surface area contributed by atoms with Crippen LogP contribution in [0.15, 0.2) is 54.6 Å². The topological polar surface area (TPSA) is 21.7 Å². The van der Waals surface area contributed by atoms with Crippen molar-refractivity contribution in [1.82, 2.24) is 9.38 Å². The van der Waals surface area contributed by atoms with Crippen molar-refractivity contribution in [2.45, 2.75) is 26.7 Å². The minimum absolute atomic E-state index is 0.677. The van der Waals surface area contributed by atoms with E-state index >= 15 is 0 Å². The predicted molar refractivity (Wildman–Crippen MR) is 104 cm³/mol. The van der Waals surface area contributed by atoms with E-state index in [0.717, 1.165) is 45.9 Å². The smallest absolute Gasteiger partial charge is 0.195 e. The zero-order valence-corrected chi connectivity index (χ0v) is 14.5. The number of para-hydroxylation sites is 1. The number of fused-ring (bicyclic) bond motifs is 6. The Balaban J connectivity index is 2.26. The van der Waals surface area contributed by atoms with Crippen LogP contribution in [0.3, 0.4) is 0 Å². The molecule has 0 amide bonds. The number of hydrogen-bond donors (Lipinski definition) is 0. The van der Waals surface area contributed by atoms with E-state index in [0.29, 0.717) is 5.69 Å². The average molecular weight is 325 g/mol. The van der Waals surface area contributed by atoms with Gasteiger partial charge in [-0.05, 0) is 24.8 Å². The van der Waals surface area contributed by atoms with Crippen LogP contribution in [-0.2, 0) is 6.42 Å². The largest absolute Gasteiger partial charge is 0.296 e. The molecule has 0 aliphatic heterocycles. The molecule has 0 fully saturated rings. The van der Waals surface area contributed by atoms with Crippen LogP contribution in [0.1, 0.15) is 24.7 Å². The molecule has 4 rings (SSSR count). The van der Waals surface area contributed by atoms with Crippen molar-refractivity contribution in [2.75, 3.05) is 0 Å². The van der Waals surface area contributed by atoms with E-state index in [1.165, 1.54) is 11.3 Å². The Morgan fingerprint density at radius 2 is 1.92 bits per heavy atom. The first kappa shape index (κ1) is 15.4. The fourth-order valence-electron chi connectivity index (χ4n) is 3.55. The van der Waals surface area contributed by atoms with Crippen LogP contribution in [0, 0.1) is 13.5 Å². The second-order valence-corrected chi connectivity index (χ2v) is 6.41. The molecule has 4 aromatic rings. The second kappa shape index (κ2) is 5.75. The van der Waals surface area contributed by atoms with Crippen molar-refractivity contribution < 1.29 is 0 Å². The van der Waals surface area contributed by atoms with E-state index in [4.69, 9.17) is 11.6 Å². The molecule has 0 atom stereocenters. The SMILES string of the molecule is [C-]#[N+]c1cccc2c1c1ccccc1n1c(CC(=C)CC)c(C)nc21. The van der Waals surface area contributed by atoms with Crippen LogP contribution in [0.2, 0.25) is 0 Å². The molecule has 0 unspecified atom stereocenters. The van der Waals surface area contributed by atoms with E-state index in [1.807, 2.05) is 24.3 Å². The van der Waals surface area contributed by atoms with Crippen LogP contribution >= 0.6 is 0 Å². The molecule has 0 spiro atoms. The van der Waals surface area contributed by atoms with Gasteiger partial charge in [0.05, 0.1) is 23.5 Å². The Morgan fingerprint density at radius 3 is 2.68 bits per heavy atom. The van der Waals surface area contributed by atoms with Gasteiger partial charge in [0.2, 0.25) is 0 Å². The summed E-state index contributed by atoms with van der Waals surface area (Å²) in [7, 11) is 0. The number of imidazole rings is 1. The molecule has 122 valence electrons. The number of pyridine rings is 1. The monoisotopic (exact) mass is 325 g/mol. The Bertz CT molecular complexity index is 1190. The first-order valence-corrected chi connectivity index (χ1v) is 8.51. The number of rotatable bonds is 3. The predicted octanol–water partition coefficient (Wildman–Crippen LogP) is 6.01. The standard InChI is InChI=1S/C22H19N3/c1-5-14(2)13-20-15(3)24-22-17-10-8-11-18(23-4)21(17)16-9-6-7-12-19(16)25(20)22/h6-12H,2,5,13H2,1,3H3. The number of benzene rings is 2. The molecule has 2 aromatic carbocycles. The molecule has 25 heavy (non-hydrogen) atoms. The summed E-state index contributed by atoms with van der Waals surface area (Å²) in [6.07, 6.45) is 1.78. The highest BCUT2D eigenvalue weighted by Crippen LogP contribution is 2.37. The summed E-state index contributed by atoms with van der Waals surface area (Å²) in [5.74, 6) is 0. The molecule has 2 aromatic heterocycles. The van der Waals surface area contributed by atoms with Crippen molar-refractivity contribution in [3.63, 3.8) is 0 Å². The highest BCUT2D eigenvalue weighted by molar-refractivity contribution is 6.17. The van der Waals surface area contributed by atoms with Crippen LogP contribution in [0.4, 0.5) is 5.69 Å². The van der Waals surface area contributed by atoms with Crippen LogP contribution in [0.25, 0.3) is 32.2 Å². The summed E-state index contributed by atoms with van der Waals surface area (Å²) in [6.45, 7) is 15.9. The van der Waals surface area contributed by atoms with Gasteiger partial charge in [-0.15, -0.1) is 0 Å². The summed E-state index contributed by atoms with van der Waals surface area (Å²) in [5, 5.41) is 3.12. The maximum Gasteiger partial charge on any atom is 0.195 e. The van der Waals surface area contributed by atoms with Gasteiger partial charge in [0.15, 0.2) is 5.69 Å². The van der Waals surface area contributed by atoms with Gasteiger partial charge in [-0.2, -0.15) is 0 Å². The van der Waals surface area contributed by atoms with Crippen LogP contribution in [-0.4, -0.2) is 9.38 Å². The maximum absolute atomic E-state index is 7.56. The number of aryl methyl sites for hydroxylation is 1. The molecular weight excluding hydrogens is 306 g/mol. The summed E-state index contributed by atoms with van der Waals surface area (Å²) < 4.78 is 2.25. The normalized spacial score (nSPS) is 11.2. The average Bonchev–Trinajstić information content (AvgIpc) is 2.97. The van der Waals surface area contributed by atoms with E-state index in [2.05, 4.69) is 47.9 Å². The van der Waals surface area contributed by atoms with Crippen molar-refractivity contribution in [3.8, 4) is 0 Å². The van der Waals surface area contributed by atoms with E-state index in [9.17, 15) is 0 Å². The van der Waals surface area contributed by atoms with Gasteiger partial charge in [0, 0.05) is 17.2 Å². The van der Waals surface area contributed by atoms with E-state index in [1.54, 1.807) is 0 Å². The Hall–Kier alpha value is -3.12. The lowest BCUT2D eigenvalue weighted by molar-refractivity contribution is 0.953. The number of hydrogen-bond acceptors (Lipinski definition) is 1. The summed E-state index contributed by atoms with van der Waals surface area (Å²) in [6, 6.07) is 14.2. The first-order valence-electron chi connectivity index (χ1n) is 8.51. The first-order chi connectivity index (χ1) is 12.2. The van der Waals surface area contributed by atoms with Gasteiger partial charge in [0.1, 0.15) is 5.65 Å². The van der Waals surface area contributed by atoms with Crippen LogP contribution < -0.4 is 0 Å². The van der Waals surface area contributed by atoms with Gasteiger partial charge in [-0.1, -0.05) is 55.5 Å². The third-order valence-corrected chi connectivity index (χ3v) is 4.91. The Morgan fingerprint density at radius 1 is 1.16 bits per heavy atom. The molecular formula is C22H19N3. The minimum atomic E-state index is 0.677. The van der Waals surface area contributed by atoms with Gasteiger partial charge >= 0.3 is 0 Å². The highest BCUT2D eigenvalue weighted by atomic mass is 15.0. The molecule has 0 N–H and O–H groups in total. The van der Waals surface area contributed by atoms with Gasteiger partial charge in [-0.3, -0.25) is 4.40 Å². The Kier molecular flexibility index (Phi) is 3.54. The highest BCUT2D eigenvalue weighted by Gasteiger charge is 2.17. The molecule has 0 aliphatic carbocycles. The van der Waals surface area contributed by atoms with Gasteiger partial charge in [-0.25, -0.2) is 9.83 Å². The van der Waals surface area contributed by atoms with E-state index < -0.39 is 0 Å². The second-order valence-electron chi connectivity index (χ2n) is 6.41. The number of allylic oxidation sites excluding steroid dienone is 1. The molecule has 2 heterocycles. The lowest BCUT2D eigenvalue weighted by Crippen LogP contribution is -1.99. The number of aromatic nitrogens is 2. The number of nitrogens with zero attached hydrogens (tertiary/aromatic N) is 3. The zero-order valence-electron chi connectivity index (χ0n) is 14.5. The summed E-state index contributed by atoms with van der Waals surface area (Å²) in [5.41, 5.74) is 6.12. The van der Waals surface area contributed by atoms with Gasteiger partial charge in [0.25, 0.3) is 0 Å². The molecule has 0 saturated heterocycles. The molecule has 0 bridgehead atoms. The van der Waals surface area contributed by atoms with E-state index in [-0.39, 0.29) is 0 Å². The van der Waals surface area contributed by atoms with Crippen molar-refractivity contribution >= 4 is 33.0 Å². The molecule has 0 aliphatic rings. The quantitative estimate of drug-likeness (QED) is 0.257. The van der Waals surface area contributed by atoms with Crippen molar-refractivity contribution in [2.24, 2.45) is 0 Å². The fourth-order valence-corrected chi connectivity index (χ4v) is 3.55. The zero-order chi connectivity index (χ0) is 17.6. The fraction of sp³-hybridized carbons (Fsp3) is 0.182. The molecule has 3 nitrogen and oxygen atoms in total. The third kappa shape index (κ3) is 2.22. The van der Waals surface area contributed by atoms with Crippen LogP contribution in [0.5, 0.6) is 0 Å². The van der Waals surface area contributed by atoms with Crippen molar-refractivity contribution in [1.29, 1.82) is 0 Å². The van der Waals surface area contributed by atoms with Crippen molar-refractivity contribution in [3.05, 3.63) is 77.4 Å². The minimum Gasteiger partial charge on any atom is -0.296 e. The summed E-state index contributed by atoms with van der Waals surface area (Å²) in [4.78, 5) is 8.62. The molecule has 3 heteroatoms. The Labute approximate surface area is 147 Å².